The van der Waals surface area contributed by atoms with Crippen LogP contribution in [-0.2, 0) is 6.42 Å². The Bertz CT molecular complexity index is 900. The number of anilines is 1. The predicted molar refractivity (Wildman–Crippen MR) is 106 cm³/mol. The summed E-state index contributed by atoms with van der Waals surface area (Å²) in [7, 11) is 0. The Kier molecular flexibility index (Phi) is 5.29. The van der Waals surface area contributed by atoms with Gasteiger partial charge in [0, 0.05) is 43.4 Å². The van der Waals surface area contributed by atoms with Gasteiger partial charge in [0.2, 0.25) is 5.89 Å². The molecule has 1 aromatic carbocycles. The molecule has 7 nitrogen and oxygen atoms in total. The third-order valence-corrected chi connectivity index (χ3v) is 5.14. The van der Waals surface area contributed by atoms with E-state index in [0.717, 1.165) is 42.8 Å². The van der Waals surface area contributed by atoms with Gasteiger partial charge < -0.3 is 9.32 Å². The van der Waals surface area contributed by atoms with E-state index in [-0.39, 0.29) is 0 Å². The number of piperazine rings is 1. The van der Waals surface area contributed by atoms with Crippen molar-refractivity contribution in [2.75, 3.05) is 37.6 Å². The fraction of sp³-hybridized carbons (Fsp3) is 0.500. The molecule has 1 aliphatic heterocycles. The Morgan fingerprint density at radius 1 is 0.926 bits per heavy atom. The number of fused-ring (bicyclic) bond motifs is 1. The van der Waals surface area contributed by atoms with Gasteiger partial charge in [-0.25, -0.2) is 0 Å². The van der Waals surface area contributed by atoms with E-state index in [0.29, 0.717) is 23.9 Å². The van der Waals surface area contributed by atoms with E-state index in [2.05, 4.69) is 49.3 Å². The Balaban J connectivity index is 1.63. The SMILES string of the molecule is CCCCN1CCN(c2nnc(-c3nnc(CC)o3)c3ccccc23)CC1. The number of unbranched alkanes of at least 4 members (excludes halogenated alkanes) is 1. The molecule has 3 heterocycles. The van der Waals surface area contributed by atoms with Crippen LogP contribution in [0.2, 0.25) is 0 Å². The van der Waals surface area contributed by atoms with Gasteiger partial charge in [0.25, 0.3) is 5.89 Å². The van der Waals surface area contributed by atoms with Crippen molar-refractivity contribution in [2.24, 2.45) is 0 Å². The van der Waals surface area contributed by atoms with Crippen LogP contribution in [-0.4, -0.2) is 58.0 Å². The zero-order chi connectivity index (χ0) is 18.6. The van der Waals surface area contributed by atoms with Crippen molar-refractivity contribution in [1.29, 1.82) is 0 Å². The summed E-state index contributed by atoms with van der Waals surface area (Å²) < 4.78 is 5.72. The van der Waals surface area contributed by atoms with Crippen LogP contribution in [0.5, 0.6) is 0 Å². The van der Waals surface area contributed by atoms with Gasteiger partial charge in [-0.05, 0) is 13.0 Å². The summed E-state index contributed by atoms with van der Waals surface area (Å²) in [5, 5.41) is 19.3. The fourth-order valence-corrected chi connectivity index (χ4v) is 3.54. The van der Waals surface area contributed by atoms with E-state index in [1.54, 1.807) is 0 Å². The van der Waals surface area contributed by atoms with Crippen LogP contribution in [0.1, 0.15) is 32.6 Å². The zero-order valence-electron chi connectivity index (χ0n) is 16.1. The first-order chi connectivity index (χ1) is 13.3. The molecule has 0 aliphatic carbocycles. The van der Waals surface area contributed by atoms with E-state index in [4.69, 9.17) is 4.42 Å². The highest BCUT2D eigenvalue weighted by molar-refractivity contribution is 5.99. The average Bonchev–Trinajstić information content (AvgIpc) is 3.21. The smallest absolute Gasteiger partial charge is 0.268 e. The molecule has 0 N–H and O–H groups in total. The number of hydrogen-bond donors (Lipinski definition) is 0. The highest BCUT2D eigenvalue weighted by atomic mass is 16.4. The Morgan fingerprint density at radius 2 is 1.70 bits per heavy atom. The maximum atomic E-state index is 5.72. The van der Waals surface area contributed by atoms with Crippen LogP contribution in [0.15, 0.2) is 28.7 Å². The van der Waals surface area contributed by atoms with Crippen molar-refractivity contribution in [3.63, 3.8) is 0 Å². The second-order valence-electron chi connectivity index (χ2n) is 6.95. The van der Waals surface area contributed by atoms with Crippen LogP contribution >= 0.6 is 0 Å². The molecule has 4 rings (SSSR count). The molecule has 2 aromatic heterocycles. The molecule has 1 aliphatic rings. The van der Waals surface area contributed by atoms with E-state index in [1.165, 1.54) is 19.4 Å². The van der Waals surface area contributed by atoms with Gasteiger partial charge in [-0.15, -0.1) is 20.4 Å². The van der Waals surface area contributed by atoms with Gasteiger partial charge in [-0.3, -0.25) is 4.90 Å². The number of hydrogen-bond acceptors (Lipinski definition) is 7. The summed E-state index contributed by atoms with van der Waals surface area (Å²) in [6.07, 6.45) is 3.22. The highest BCUT2D eigenvalue weighted by Gasteiger charge is 2.22. The first-order valence-electron chi connectivity index (χ1n) is 9.85. The normalized spacial score (nSPS) is 15.6. The highest BCUT2D eigenvalue weighted by Crippen LogP contribution is 2.31. The van der Waals surface area contributed by atoms with Gasteiger partial charge >= 0.3 is 0 Å². The van der Waals surface area contributed by atoms with Crippen LogP contribution in [0.3, 0.4) is 0 Å². The molecule has 0 saturated carbocycles. The summed E-state index contributed by atoms with van der Waals surface area (Å²) in [4.78, 5) is 4.88. The second kappa shape index (κ2) is 8.00. The van der Waals surface area contributed by atoms with Gasteiger partial charge in [-0.1, -0.05) is 44.5 Å². The van der Waals surface area contributed by atoms with Crippen molar-refractivity contribution >= 4 is 16.6 Å². The Hall–Kier alpha value is -2.54. The van der Waals surface area contributed by atoms with Crippen LogP contribution < -0.4 is 4.90 Å². The molecule has 0 amide bonds. The van der Waals surface area contributed by atoms with Crippen molar-refractivity contribution in [1.82, 2.24) is 25.3 Å². The van der Waals surface area contributed by atoms with Crippen LogP contribution in [0.4, 0.5) is 5.82 Å². The molecule has 0 radical (unpaired) electrons. The first-order valence-corrected chi connectivity index (χ1v) is 9.85. The molecule has 27 heavy (non-hydrogen) atoms. The summed E-state index contributed by atoms with van der Waals surface area (Å²) in [5.41, 5.74) is 0.656. The number of benzene rings is 1. The molecule has 0 spiro atoms. The van der Waals surface area contributed by atoms with E-state index >= 15 is 0 Å². The summed E-state index contributed by atoms with van der Waals surface area (Å²) in [5.74, 6) is 1.99. The second-order valence-corrected chi connectivity index (χ2v) is 6.95. The molecule has 0 unspecified atom stereocenters. The topological polar surface area (TPSA) is 71.2 Å². The van der Waals surface area contributed by atoms with Crippen molar-refractivity contribution in [2.45, 2.75) is 33.1 Å². The monoisotopic (exact) mass is 366 g/mol. The van der Waals surface area contributed by atoms with Crippen LogP contribution in [0.25, 0.3) is 22.4 Å². The molecule has 0 bridgehead atoms. The lowest BCUT2D eigenvalue weighted by molar-refractivity contribution is 0.254. The Morgan fingerprint density at radius 3 is 2.41 bits per heavy atom. The fourth-order valence-electron chi connectivity index (χ4n) is 3.54. The van der Waals surface area contributed by atoms with Gasteiger partial charge in [0.1, 0.15) is 0 Å². The number of aryl methyl sites for hydroxylation is 1. The quantitative estimate of drug-likeness (QED) is 0.663. The molecule has 1 saturated heterocycles. The molecular weight excluding hydrogens is 340 g/mol. The third kappa shape index (κ3) is 3.64. The molecule has 1 fully saturated rings. The number of nitrogens with zero attached hydrogens (tertiary/aromatic N) is 6. The lowest BCUT2D eigenvalue weighted by atomic mass is 10.1. The lowest BCUT2D eigenvalue weighted by Gasteiger charge is -2.35. The third-order valence-electron chi connectivity index (χ3n) is 5.14. The number of aromatic nitrogens is 4. The van der Waals surface area contributed by atoms with Crippen molar-refractivity contribution < 1.29 is 4.42 Å². The van der Waals surface area contributed by atoms with Crippen LogP contribution in [0, 0.1) is 0 Å². The minimum absolute atomic E-state index is 0.437. The number of rotatable bonds is 6. The minimum atomic E-state index is 0.437. The molecule has 0 atom stereocenters. The summed E-state index contributed by atoms with van der Waals surface area (Å²) in [6.45, 7) is 9.51. The van der Waals surface area contributed by atoms with E-state index < -0.39 is 0 Å². The molecule has 3 aromatic rings. The Labute approximate surface area is 159 Å². The maximum absolute atomic E-state index is 5.72. The lowest BCUT2D eigenvalue weighted by Crippen LogP contribution is -2.47. The van der Waals surface area contributed by atoms with Crippen molar-refractivity contribution in [3.8, 4) is 11.6 Å². The van der Waals surface area contributed by atoms with E-state index in [9.17, 15) is 0 Å². The summed E-state index contributed by atoms with van der Waals surface area (Å²) >= 11 is 0. The molecular formula is C20H26N6O. The van der Waals surface area contributed by atoms with Gasteiger partial charge in [0.15, 0.2) is 11.5 Å². The maximum Gasteiger partial charge on any atom is 0.268 e. The largest absolute Gasteiger partial charge is 0.419 e. The standard InChI is InChI=1S/C20H26N6O/c1-3-5-10-25-11-13-26(14-12-25)19-16-9-7-6-8-15(16)18(22-23-19)20-24-21-17(4-2)27-20/h6-9H,3-5,10-14H2,1-2H3. The van der Waals surface area contributed by atoms with Gasteiger partial charge in [-0.2, -0.15) is 0 Å². The average molecular weight is 366 g/mol. The van der Waals surface area contributed by atoms with E-state index in [1.807, 2.05) is 19.1 Å². The zero-order valence-corrected chi connectivity index (χ0v) is 16.1. The minimum Gasteiger partial charge on any atom is -0.419 e. The summed E-state index contributed by atoms with van der Waals surface area (Å²) in [6, 6.07) is 8.21. The van der Waals surface area contributed by atoms with Crippen molar-refractivity contribution in [3.05, 3.63) is 30.2 Å². The molecule has 142 valence electrons. The predicted octanol–water partition coefficient (Wildman–Crippen LogP) is 3.16. The van der Waals surface area contributed by atoms with Gasteiger partial charge in [0.05, 0.1) is 0 Å². The molecule has 7 heteroatoms. The first kappa shape index (κ1) is 17.9.